The van der Waals surface area contributed by atoms with Gasteiger partial charge in [-0.3, -0.25) is 0 Å². The molecule has 1 aromatic rings. The number of benzene rings is 1. The van der Waals surface area contributed by atoms with Gasteiger partial charge in [-0.25, -0.2) is 0 Å². The largest absolute Gasteiger partial charge is 0.497 e. The second-order valence-corrected chi connectivity index (χ2v) is 6.28. The molecular weight excluding hydrogens is 270 g/mol. The molecule has 4 heteroatoms. The van der Waals surface area contributed by atoms with E-state index in [4.69, 9.17) is 9.47 Å². The molecular formula is C16H27NO2S. The molecule has 0 fully saturated rings. The standard InChI is InChI=1S/C16H27NO2S/c1-6-20-10-9-12(2)17-13(3)15-8-7-14(18-4)11-16(15)19-5/h7-8,11-13,17H,6,9-10H2,1-5H3. The van der Waals surface area contributed by atoms with Crippen molar-refractivity contribution in [3.63, 3.8) is 0 Å². The van der Waals surface area contributed by atoms with Crippen LogP contribution < -0.4 is 14.8 Å². The smallest absolute Gasteiger partial charge is 0.127 e. The summed E-state index contributed by atoms with van der Waals surface area (Å²) in [6, 6.07) is 6.75. The Balaban J connectivity index is 2.64. The van der Waals surface area contributed by atoms with Gasteiger partial charge in [0.25, 0.3) is 0 Å². The number of nitrogens with one attached hydrogen (secondary N) is 1. The van der Waals surface area contributed by atoms with Crippen molar-refractivity contribution < 1.29 is 9.47 Å². The monoisotopic (exact) mass is 297 g/mol. The minimum Gasteiger partial charge on any atom is -0.497 e. The molecule has 2 atom stereocenters. The van der Waals surface area contributed by atoms with Crippen molar-refractivity contribution in [1.29, 1.82) is 0 Å². The molecule has 0 saturated heterocycles. The molecule has 1 rings (SSSR count). The van der Waals surface area contributed by atoms with Gasteiger partial charge in [0, 0.05) is 23.7 Å². The van der Waals surface area contributed by atoms with Gasteiger partial charge in [0.15, 0.2) is 0 Å². The third kappa shape index (κ3) is 5.25. The topological polar surface area (TPSA) is 30.5 Å². The van der Waals surface area contributed by atoms with E-state index in [2.05, 4.69) is 32.2 Å². The molecule has 0 aliphatic rings. The molecule has 0 saturated carbocycles. The molecule has 3 nitrogen and oxygen atoms in total. The van der Waals surface area contributed by atoms with Crippen LogP contribution in [0.1, 0.15) is 38.8 Å². The van der Waals surface area contributed by atoms with Crippen molar-refractivity contribution in [3.8, 4) is 11.5 Å². The first-order valence-corrected chi connectivity index (χ1v) is 8.33. The Morgan fingerprint density at radius 2 is 1.95 bits per heavy atom. The van der Waals surface area contributed by atoms with Gasteiger partial charge in [-0.2, -0.15) is 11.8 Å². The van der Waals surface area contributed by atoms with Crippen LogP contribution in [0, 0.1) is 0 Å². The van der Waals surface area contributed by atoms with E-state index in [0.717, 1.165) is 11.5 Å². The highest BCUT2D eigenvalue weighted by molar-refractivity contribution is 7.99. The molecule has 0 radical (unpaired) electrons. The van der Waals surface area contributed by atoms with E-state index in [0.29, 0.717) is 6.04 Å². The third-order valence-corrected chi connectivity index (χ3v) is 4.27. The number of ether oxygens (including phenoxy) is 2. The maximum absolute atomic E-state index is 5.46. The predicted molar refractivity (Wildman–Crippen MR) is 88.2 cm³/mol. The van der Waals surface area contributed by atoms with Gasteiger partial charge in [0.2, 0.25) is 0 Å². The van der Waals surface area contributed by atoms with Crippen LogP contribution in [0.5, 0.6) is 11.5 Å². The fourth-order valence-electron chi connectivity index (χ4n) is 2.18. The Morgan fingerprint density at radius 3 is 2.55 bits per heavy atom. The first kappa shape index (κ1) is 17.2. The molecule has 0 amide bonds. The van der Waals surface area contributed by atoms with Crippen molar-refractivity contribution in [3.05, 3.63) is 23.8 Å². The summed E-state index contributed by atoms with van der Waals surface area (Å²) in [5, 5.41) is 3.63. The lowest BCUT2D eigenvalue weighted by molar-refractivity contribution is 0.381. The minimum atomic E-state index is 0.262. The van der Waals surface area contributed by atoms with Crippen LogP contribution in [-0.2, 0) is 0 Å². The zero-order valence-electron chi connectivity index (χ0n) is 13.2. The highest BCUT2D eigenvalue weighted by Crippen LogP contribution is 2.29. The average Bonchev–Trinajstić information content (AvgIpc) is 2.46. The molecule has 2 unspecified atom stereocenters. The van der Waals surface area contributed by atoms with Crippen LogP contribution >= 0.6 is 11.8 Å². The quantitative estimate of drug-likeness (QED) is 0.701. The summed E-state index contributed by atoms with van der Waals surface area (Å²) in [5.41, 5.74) is 1.17. The fourth-order valence-corrected chi connectivity index (χ4v) is 2.99. The van der Waals surface area contributed by atoms with E-state index < -0.39 is 0 Å². The molecule has 0 bridgehead atoms. The molecule has 0 aliphatic carbocycles. The normalized spacial score (nSPS) is 13.8. The molecule has 0 aliphatic heterocycles. The van der Waals surface area contributed by atoms with E-state index in [1.165, 1.54) is 23.5 Å². The summed E-state index contributed by atoms with van der Waals surface area (Å²) in [6.45, 7) is 6.62. The van der Waals surface area contributed by atoms with Gasteiger partial charge in [-0.05, 0) is 37.8 Å². The van der Waals surface area contributed by atoms with Gasteiger partial charge in [0.1, 0.15) is 11.5 Å². The summed E-state index contributed by atoms with van der Waals surface area (Å²) < 4.78 is 10.7. The van der Waals surface area contributed by atoms with Gasteiger partial charge in [-0.1, -0.05) is 13.0 Å². The van der Waals surface area contributed by atoms with Crippen molar-refractivity contribution in [1.82, 2.24) is 5.32 Å². The lowest BCUT2D eigenvalue weighted by Gasteiger charge is -2.22. The van der Waals surface area contributed by atoms with Crippen LogP contribution in [-0.4, -0.2) is 31.8 Å². The van der Waals surface area contributed by atoms with Crippen LogP contribution in [0.15, 0.2) is 18.2 Å². The van der Waals surface area contributed by atoms with Crippen LogP contribution in [0.4, 0.5) is 0 Å². The van der Waals surface area contributed by atoms with E-state index in [1.807, 2.05) is 23.9 Å². The van der Waals surface area contributed by atoms with Gasteiger partial charge in [0.05, 0.1) is 14.2 Å². The molecule has 0 heterocycles. The maximum Gasteiger partial charge on any atom is 0.127 e. The van der Waals surface area contributed by atoms with Crippen molar-refractivity contribution >= 4 is 11.8 Å². The fraction of sp³-hybridized carbons (Fsp3) is 0.625. The third-order valence-electron chi connectivity index (χ3n) is 3.34. The van der Waals surface area contributed by atoms with Gasteiger partial charge >= 0.3 is 0 Å². The molecule has 0 aromatic heterocycles. The van der Waals surface area contributed by atoms with Crippen molar-refractivity contribution in [2.75, 3.05) is 25.7 Å². The van der Waals surface area contributed by atoms with Crippen LogP contribution in [0.3, 0.4) is 0 Å². The van der Waals surface area contributed by atoms with E-state index in [9.17, 15) is 0 Å². The van der Waals surface area contributed by atoms with E-state index in [1.54, 1.807) is 14.2 Å². The van der Waals surface area contributed by atoms with Crippen LogP contribution in [0.2, 0.25) is 0 Å². The summed E-state index contributed by atoms with van der Waals surface area (Å²) in [6.07, 6.45) is 1.18. The van der Waals surface area contributed by atoms with Crippen molar-refractivity contribution in [2.24, 2.45) is 0 Å². The summed E-state index contributed by atoms with van der Waals surface area (Å²) in [7, 11) is 3.37. The lowest BCUT2D eigenvalue weighted by Crippen LogP contribution is -2.29. The zero-order valence-corrected chi connectivity index (χ0v) is 14.0. The number of hydrogen-bond donors (Lipinski definition) is 1. The number of methoxy groups -OCH3 is 2. The molecule has 1 aromatic carbocycles. The second kappa shape index (κ2) is 9.14. The van der Waals surface area contributed by atoms with E-state index in [-0.39, 0.29) is 6.04 Å². The molecule has 0 spiro atoms. The SMILES string of the molecule is CCSCCC(C)NC(C)c1ccc(OC)cc1OC. The Kier molecular flexibility index (Phi) is 7.85. The Bertz CT molecular complexity index is 398. The number of thioether (sulfide) groups is 1. The molecule has 20 heavy (non-hydrogen) atoms. The van der Waals surface area contributed by atoms with Gasteiger partial charge in [-0.15, -0.1) is 0 Å². The average molecular weight is 297 g/mol. The second-order valence-electron chi connectivity index (χ2n) is 4.88. The Labute approximate surface area is 127 Å². The first-order valence-electron chi connectivity index (χ1n) is 7.18. The van der Waals surface area contributed by atoms with Crippen LogP contribution in [0.25, 0.3) is 0 Å². The Hall–Kier alpha value is -0.870. The lowest BCUT2D eigenvalue weighted by atomic mass is 10.1. The van der Waals surface area contributed by atoms with E-state index >= 15 is 0 Å². The van der Waals surface area contributed by atoms with Gasteiger partial charge < -0.3 is 14.8 Å². The highest BCUT2D eigenvalue weighted by atomic mass is 32.2. The number of rotatable bonds is 9. The number of hydrogen-bond acceptors (Lipinski definition) is 4. The maximum atomic E-state index is 5.46. The summed E-state index contributed by atoms with van der Waals surface area (Å²) in [4.78, 5) is 0. The Morgan fingerprint density at radius 1 is 1.20 bits per heavy atom. The zero-order chi connectivity index (χ0) is 15.0. The minimum absolute atomic E-state index is 0.262. The summed E-state index contributed by atoms with van der Waals surface area (Å²) >= 11 is 1.99. The molecule has 1 N–H and O–H groups in total. The predicted octanol–water partition coefficient (Wildman–Crippen LogP) is 3.89. The first-order chi connectivity index (χ1) is 9.62. The van der Waals surface area contributed by atoms with Crippen molar-refractivity contribution in [2.45, 2.75) is 39.3 Å². The summed E-state index contributed by atoms with van der Waals surface area (Å²) in [5.74, 6) is 4.09. The highest BCUT2D eigenvalue weighted by Gasteiger charge is 2.14. The molecule has 114 valence electrons.